The second-order valence-electron chi connectivity index (χ2n) is 9.79. The van der Waals surface area contributed by atoms with Gasteiger partial charge < -0.3 is 4.90 Å². The van der Waals surface area contributed by atoms with Crippen LogP contribution in [0.2, 0.25) is 0 Å². The molecule has 3 nitrogen and oxygen atoms in total. The van der Waals surface area contributed by atoms with Crippen LogP contribution in [0.3, 0.4) is 0 Å². The van der Waals surface area contributed by atoms with Crippen LogP contribution in [0.1, 0.15) is 43.7 Å². The summed E-state index contributed by atoms with van der Waals surface area (Å²) in [6.45, 7) is 5.61. The molecule has 1 aliphatic rings. The van der Waals surface area contributed by atoms with Gasteiger partial charge in [0, 0.05) is 37.8 Å². The highest BCUT2D eigenvalue weighted by Crippen LogP contribution is 2.37. The SMILES string of the molecule is Cc1ccc(CC2CN(Cc3ccccc3)CCN2C(=O)c2cc(C(F)(F)F)cc(C(F)(F)F)c2)cc1C. The van der Waals surface area contributed by atoms with Crippen LogP contribution >= 0.6 is 0 Å². The molecule has 0 bridgehead atoms. The molecule has 202 valence electrons. The van der Waals surface area contributed by atoms with Crippen LogP contribution in [0.25, 0.3) is 0 Å². The molecule has 0 aliphatic carbocycles. The fourth-order valence-electron chi connectivity index (χ4n) is 4.79. The largest absolute Gasteiger partial charge is 0.416 e. The van der Waals surface area contributed by atoms with Gasteiger partial charge in [0.05, 0.1) is 11.1 Å². The third kappa shape index (κ3) is 6.56. The van der Waals surface area contributed by atoms with Gasteiger partial charge in [-0.15, -0.1) is 0 Å². The first kappa shape index (κ1) is 27.7. The highest BCUT2D eigenvalue weighted by Gasteiger charge is 2.39. The summed E-state index contributed by atoms with van der Waals surface area (Å²) in [5.74, 6) is -0.838. The Balaban J connectivity index is 1.67. The van der Waals surface area contributed by atoms with Crippen molar-refractivity contribution in [1.82, 2.24) is 9.80 Å². The fraction of sp³-hybridized carbons (Fsp3) is 0.345. The molecular formula is C29H28F6N2O. The van der Waals surface area contributed by atoms with Gasteiger partial charge in [-0.25, -0.2) is 0 Å². The molecule has 1 fully saturated rings. The van der Waals surface area contributed by atoms with Gasteiger partial charge in [-0.1, -0.05) is 48.5 Å². The Morgan fingerprint density at radius 3 is 2.00 bits per heavy atom. The first-order chi connectivity index (χ1) is 17.8. The first-order valence-electron chi connectivity index (χ1n) is 12.2. The Labute approximate surface area is 217 Å². The second kappa shape index (κ2) is 10.8. The molecule has 0 saturated carbocycles. The summed E-state index contributed by atoms with van der Waals surface area (Å²) in [5.41, 5.74) is 0.564. The number of hydrogen-bond donors (Lipinski definition) is 0. The maximum Gasteiger partial charge on any atom is 0.416 e. The quantitative estimate of drug-likeness (QED) is 0.332. The van der Waals surface area contributed by atoms with Gasteiger partial charge in [0.2, 0.25) is 0 Å². The van der Waals surface area contributed by atoms with E-state index in [1.807, 2.05) is 62.4 Å². The molecule has 0 radical (unpaired) electrons. The van der Waals surface area contributed by atoms with E-state index in [-0.39, 0.29) is 12.6 Å². The topological polar surface area (TPSA) is 23.6 Å². The maximum absolute atomic E-state index is 13.5. The summed E-state index contributed by atoms with van der Waals surface area (Å²) in [6, 6.07) is 16.3. The molecule has 9 heteroatoms. The number of carbonyl (C=O) groups is 1. The summed E-state index contributed by atoms with van der Waals surface area (Å²) >= 11 is 0. The summed E-state index contributed by atoms with van der Waals surface area (Å²) in [6.07, 6.45) is -9.63. The van der Waals surface area contributed by atoms with Gasteiger partial charge in [0.15, 0.2) is 0 Å². The van der Waals surface area contributed by atoms with Gasteiger partial charge in [0.25, 0.3) is 5.91 Å². The minimum Gasteiger partial charge on any atom is -0.333 e. The Morgan fingerprint density at radius 2 is 1.42 bits per heavy atom. The minimum absolute atomic E-state index is 0.0428. The van der Waals surface area contributed by atoms with Crippen molar-refractivity contribution in [1.29, 1.82) is 0 Å². The molecule has 1 aliphatic heterocycles. The summed E-state index contributed by atoms with van der Waals surface area (Å²) < 4.78 is 80.6. The van der Waals surface area contributed by atoms with Crippen LogP contribution in [0.5, 0.6) is 0 Å². The van der Waals surface area contributed by atoms with E-state index in [1.165, 1.54) is 4.90 Å². The Kier molecular flexibility index (Phi) is 7.88. The van der Waals surface area contributed by atoms with E-state index in [0.29, 0.717) is 38.2 Å². The van der Waals surface area contributed by atoms with Gasteiger partial charge >= 0.3 is 12.4 Å². The van der Waals surface area contributed by atoms with Gasteiger partial charge in [-0.05, 0) is 60.7 Å². The monoisotopic (exact) mass is 534 g/mol. The molecule has 4 rings (SSSR count). The maximum atomic E-state index is 13.5. The number of hydrogen-bond acceptors (Lipinski definition) is 2. The number of benzene rings is 3. The van der Waals surface area contributed by atoms with Crippen LogP contribution in [0.15, 0.2) is 66.7 Å². The molecule has 1 atom stereocenters. The summed E-state index contributed by atoms with van der Waals surface area (Å²) in [5, 5.41) is 0. The van der Waals surface area contributed by atoms with Crippen LogP contribution in [0.4, 0.5) is 26.3 Å². The third-order valence-corrected chi connectivity index (χ3v) is 6.95. The van der Waals surface area contributed by atoms with Gasteiger partial charge in [0.1, 0.15) is 0 Å². The van der Waals surface area contributed by atoms with E-state index < -0.39 is 41.0 Å². The molecule has 0 N–H and O–H groups in total. The van der Waals surface area contributed by atoms with Crippen LogP contribution < -0.4 is 0 Å². The highest BCUT2D eigenvalue weighted by atomic mass is 19.4. The first-order valence-corrected chi connectivity index (χ1v) is 12.2. The van der Waals surface area contributed by atoms with Crippen molar-refractivity contribution in [2.75, 3.05) is 19.6 Å². The van der Waals surface area contributed by atoms with Crippen molar-refractivity contribution < 1.29 is 31.1 Å². The van der Waals surface area contributed by atoms with E-state index in [0.717, 1.165) is 22.3 Å². The third-order valence-electron chi connectivity index (χ3n) is 6.95. The standard InChI is InChI=1S/C29H28F6N2O/c1-19-8-9-22(12-20(19)2)13-26-18-36(17-21-6-4-3-5-7-21)10-11-37(26)27(38)23-14-24(28(30,31)32)16-25(15-23)29(33,34)35/h3-9,12,14-16,26H,10-11,13,17-18H2,1-2H3. The fourth-order valence-corrected chi connectivity index (χ4v) is 4.79. The second-order valence-corrected chi connectivity index (χ2v) is 9.79. The van der Waals surface area contributed by atoms with E-state index in [4.69, 9.17) is 0 Å². The lowest BCUT2D eigenvalue weighted by atomic mass is 9.97. The molecule has 1 saturated heterocycles. The summed E-state index contributed by atoms with van der Waals surface area (Å²) in [4.78, 5) is 17.1. The predicted octanol–water partition coefficient (Wildman–Crippen LogP) is 6.91. The van der Waals surface area contributed by atoms with Crippen molar-refractivity contribution >= 4 is 5.91 Å². The molecule has 1 unspecified atom stereocenters. The van der Waals surface area contributed by atoms with Crippen molar-refractivity contribution in [2.24, 2.45) is 0 Å². The van der Waals surface area contributed by atoms with Crippen molar-refractivity contribution in [3.63, 3.8) is 0 Å². The summed E-state index contributed by atoms with van der Waals surface area (Å²) in [7, 11) is 0. The number of amides is 1. The number of carbonyl (C=O) groups excluding carboxylic acids is 1. The van der Waals surface area contributed by atoms with Gasteiger partial charge in [-0.3, -0.25) is 9.69 Å². The van der Waals surface area contributed by atoms with Crippen molar-refractivity contribution in [3.05, 3.63) is 106 Å². The zero-order valence-corrected chi connectivity index (χ0v) is 21.0. The number of aryl methyl sites for hydroxylation is 2. The molecule has 0 aromatic heterocycles. The number of piperazine rings is 1. The number of halogens is 6. The molecule has 1 heterocycles. The lowest BCUT2D eigenvalue weighted by Crippen LogP contribution is -2.55. The van der Waals surface area contributed by atoms with Crippen LogP contribution in [-0.4, -0.2) is 41.4 Å². The van der Waals surface area contributed by atoms with Crippen molar-refractivity contribution in [3.8, 4) is 0 Å². The molecule has 0 spiro atoms. The normalized spacial score (nSPS) is 17.1. The van der Waals surface area contributed by atoms with E-state index in [1.54, 1.807) is 0 Å². The molecule has 3 aromatic rings. The van der Waals surface area contributed by atoms with E-state index >= 15 is 0 Å². The molecule has 3 aromatic carbocycles. The zero-order valence-electron chi connectivity index (χ0n) is 21.0. The highest BCUT2D eigenvalue weighted by molar-refractivity contribution is 5.95. The van der Waals surface area contributed by atoms with Gasteiger partial charge in [-0.2, -0.15) is 26.3 Å². The average Bonchev–Trinajstić information content (AvgIpc) is 2.85. The molecule has 1 amide bonds. The Morgan fingerprint density at radius 1 is 0.789 bits per heavy atom. The lowest BCUT2D eigenvalue weighted by Gasteiger charge is -2.42. The average molecular weight is 535 g/mol. The van der Waals surface area contributed by atoms with Crippen molar-refractivity contribution in [2.45, 2.75) is 45.2 Å². The Bertz CT molecular complexity index is 1250. The number of nitrogens with zero attached hydrogens (tertiary/aromatic N) is 2. The number of alkyl halides is 6. The molecule has 38 heavy (non-hydrogen) atoms. The predicted molar refractivity (Wildman–Crippen MR) is 133 cm³/mol. The van der Waals surface area contributed by atoms with E-state index in [9.17, 15) is 31.1 Å². The minimum atomic E-state index is -5.02. The van der Waals surface area contributed by atoms with E-state index in [2.05, 4.69) is 4.90 Å². The zero-order chi connectivity index (χ0) is 27.7. The van der Waals surface area contributed by atoms with Crippen LogP contribution in [-0.2, 0) is 25.3 Å². The molecular weight excluding hydrogens is 506 g/mol. The Hall–Kier alpha value is -3.33. The van der Waals surface area contributed by atoms with Crippen LogP contribution in [0, 0.1) is 13.8 Å². The number of rotatable bonds is 5. The lowest BCUT2D eigenvalue weighted by molar-refractivity contribution is -0.143. The smallest absolute Gasteiger partial charge is 0.333 e.